The van der Waals surface area contributed by atoms with Crippen molar-refractivity contribution in [3.8, 4) is 11.5 Å². The Morgan fingerprint density at radius 2 is 1.82 bits per heavy atom. The van der Waals surface area contributed by atoms with Gasteiger partial charge in [0.15, 0.2) is 11.5 Å². The Balaban J connectivity index is 1.63. The molecule has 0 unspecified atom stereocenters. The monoisotopic (exact) mass is 384 g/mol. The van der Waals surface area contributed by atoms with Gasteiger partial charge in [-0.1, -0.05) is 6.07 Å². The molecule has 1 amide bonds. The van der Waals surface area contributed by atoms with Gasteiger partial charge in [-0.15, -0.1) is 0 Å². The number of nitrogens with one attached hydrogen (secondary N) is 1. The molecule has 0 saturated carbocycles. The van der Waals surface area contributed by atoms with Crippen molar-refractivity contribution in [1.82, 2.24) is 0 Å². The van der Waals surface area contributed by atoms with Crippen LogP contribution in [-0.2, 0) is 16.0 Å². The minimum atomic E-state index is -0.0772. The molecule has 28 heavy (non-hydrogen) atoms. The van der Waals surface area contributed by atoms with E-state index in [9.17, 15) is 4.79 Å². The van der Waals surface area contributed by atoms with Gasteiger partial charge in [0, 0.05) is 17.9 Å². The molecule has 6 nitrogen and oxygen atoms in total. The third kappa shape index (κ3) is 4.57. The zero-order valence-corrected chi connectivity index (χ0v) is 17.0. The number of ether oxygens (including phenoxy) is 3. The Hall–Kier alpha value is -2.73. The molecule has 6 heteroatoms. The minimum Gasteiger partial charge on any atom is -0.493 e. The number of morpholine rings is 1. The van der Waals surface area contributed by atoms with Gasteiger partial charge in [0.05, 0.1) is 39.4 Å². The van der Waals surface area contributed by atoms with Crippen LogP contribution in [0.15, 0.2) is 42.5 Å². The zero-order valence-electron chi connectivity index (χ0n) is 17.0. The molecule has 0 atom stereocenters. The van der Waals surface area contributed by atoms with E-state index in [1.807, 2.05) is 36.4 Å². The van der Waals surface area contributed by atoms with Crippen LogP contribution in [0.2, 0.25) is 0 Å². The van der Waals surface area contributed by atoms with Crippen molar-refractivity contribution in [3.05, 3.63) is 48.0 Å². The van der Waals surface area contributed by atoms with Crippen molar-refractivity contribution < 1.29 is 19.0 Å². The summed E-state index contributed by atoms with van der Waals surface area (Å²) in [6, 6.07) is 13.5. The lowest BCUT2D eigenvalue weighted by molar-refractivity contribution is -0.115. The summed E-state index contributed by atoms with van der Waals surface area (Å²) in [6.45, 7) is 6.64. The Kier molecular flexibility index (Phi) is 6.09. The number of anilines is 2. The first-order chi connectivity index (χ1) is 13.4. The molecule has 0 bridgehead atoms. The molecule has 0 radical (unpaired) electrons. The van der Waals surface area contributed by atoms with Gasteiger partial charge in [-0.2, -0.15) is 0 Å². The van der Waals surface area contributed by atoms with Gasteiger partial charge in [-0.05, 0) is 55.8 Å². The summed E-state index contributed by atoms with van der Waals surface area (Å²) in [5, 5.41) is 2.95. The van der Waals surface area contributed by atoms with Gasteiger partial charge < -0.3 is 24.4 Å². The van der Waals surface area contributed by atoms with Crippen molar-refractivity contribution in [3.63, 3.8) is 0 Å². The number of rotatable bonds is 6. The number of hydrogen-bond acceptors (Lipinski definition) is 5. The molecular weight excluding hydrogens is 356 g/mol. The van der Waals surface area contributed by atoms with E-state index in [4.69, 9.17) is 14.2 Å². The average Bonchev–Trinajstić information content (AvgIpc) is 2.68. The second-order valence-corrected chi connectivity index (χ2v) is 7.48. The summed E-state index contributed by atoms with van der Waals surface area (Å²) < 4.78 is 16.1. The lowest BCUT2D eigenvalue weighted by atomic mass is 10.0. The van der Waals surface area contributed by atoms with Gasteiger partial charge in [0.1, 0.15) is 0 Å². The highest BCUT2D eigenvalue weighted by molar-refractivity contribution is 5.92. The second-order valence-electron chi connectivity index (χ2n) is 7.48. The van der Waals surface area contributed by atoms with Crippen LogP contribution in [0.3, 0.4) is 0 Å². The number of hydrogen-bond donors (Lipinski definition) is 1. The fraction of sp³-hybridized carbons (Fsp3) is 0.409. The lowest BCUT2D eigenvalue weighted by Crippen LogP contribution is -2.53. The lowest BCUT2D eigenvalue weighted by Gasteiger charge is -2.43. The SMILES string of the molecule is COc1ccc(CC(=O)Nc2ccc(N3CCOCC3(C)C)cc2)cc1OC. The summed E-state index contributed by atoms with van der Waals surface area (Å²) >= 11 is 0. The number of carbonyl (C=O) groups excluding carboxylic acids is 1. The van der Waals surface area contributed by atoms with Crippen LogP contribution in [0, 0.1) is 0 Å². The van der Waals surface area contributed by atoms with Crippen LogP contribution in [0.1, 0.15) is 19.4 Å². The third-order valence-corrected chi connectivity index (χ3v) is 4.92. The third-order valence-electron chi connectivity index (χ3n) is 4.92. The van der Waals surface area contributed by atoms with E-state index in [1.54, 1.807) is 20.3 Å². The molecule has 2 aromatic rings. The molecule has 3 rings (SSSR count). The first-order valence-electron chi connectivity index (χ1n) is 9.39. The molecule has 0 aliphatic carbocycles. The molecule has 1 heterocycles. The van der Waals surface area contributed by atoms with Crippen LogP contribution in [0.4, 0.5) is 11.4 Å². The minimum absolute atomic E-state index is 0.0452. The van der Waals surface area contributed by atoms with E-state index in [2.05, 4.69) is 24.1 Å². The Morgan fingerprint density at radius 3 is 2.46 bits per heavy atom. The van der Waals surface area contributed by atoms with Gasteiger partial charge in [-0.3, -0.25) is 4.79 Å². The number of amides is 1. The fourth-order valence-corrected chi connectivity index (χ4v) is 3.44. The van der Waals surface area contributed by atoms with Crippen LogP contribution < -0.4 is 19.7 Å². The number of benzene rings is 2. The molecule has 2 aromatic carbocycles. The molecule has 1 saturated heterocycles. The first-order valence-corrected chi connectivity index (χ1v) is 9.39. The standard InChI is InChI=1S/C22H28N2O4/c1-22(2)15-28-12-11-24(22)18-8-6-17(7-9-18)23-21(25)14-16-5-10-19(26-3)20(13-16)27-4/h5-10,13H,11-12,14-15H2,1-4H3,(H,23,25). The maximum atomic E-state index is 12.4. The summed E-state index contributed by atoms with van der Waals surface area (Å²) in [4.78, 5) is 14.8. The normalized spacial score (nSPS) is 15.8. The molecule has 1 fully saturated rings. The van der Waals surface area contributed by atoms with Crippen molar-refractivity contribution in [2.75, 3.05) is 44.2 Å². The smallest absolute Gasteiger partial charge is 0.228 e. The maximum absolute atomic E-state index is 12.4. The van der Waals surface area contributed by atoms with E-state index in [0.29, 0.717) is 18.1 Å². The average molecular weight is 384 g/mol. The summed E-state index contributed by atoms with van der Waals surface area (Å²) in [6.07, 6.45) is 0.263. The Morgan fingerprint density at radius 1 is 1.11 bits per heavy atom. The quantitative estimate of drug-likeness (QED) is 0.826. The molecule has 1 N–H and O–H groups in total. The number of methoxy groups -OCH3 is 2. The van der Waals surface area contributed by atoms with E-state index in [0.717, 1.165) is 30.1 Å². The molecule has 0 aromatic heterocycles. The largest absolute Gasteiger partial charge is 0.493 e. The zero-order chi connectivity index (χ0) is 20.1. The maximum Gasteiger partial charge on any atom is 0.228 e. The molecule has 1 aliphatic rings. The van der Waals surface area contributed by atoms with Crippen molar-refractivity contribution in [2.45, 2.75) is 25.8 Å². The predicted molar refractivity (Wildman–Crippen MR) is 111 cm³/mol. The summed E-state index contributed by atoms with van der Waals surface area (Å²) in [5.74, 6) is 1.19. The van der Waals surface area contributed by atoms with E-state index >= 15 is 0 Å². The molecule has 0 spiro atoms. The van der Waals surface area contributed by atoms with E-state index in [-0.39, 0.29) is 17.9 Å². The highest BCUT2D eigenvalue weighted by Gasteiger charge is 2.30. The van der Waals surface area contributed by atoms with Gasteiger partial charge in [-0.25, -0.2) is 0 Å². The van der Waals surface area contributed by atoms with Crippen LogP contribution in [0.5, 0.6) is 11.5 Å². The summed E-state index contributed by atoms with van der Waals surface area (Å²) in [7, 11) is 3.17. The Bertz CT molecular complexity index is 818. The first kappa shape index (κ1) is 20.0. The van der Waals surface area contributed by atoms with Crippen LogP contribution in [0.25, 0.3) is 0 Å². The van der Waals surface area contributed by atoms with Crippen LogP contribution >= 0.6 is 0 Å². The van der Waals surface area contributed by atoms with Gasteiger partial charge >= 0.3 is 0 Å². The van der Waals surface area contributed by atoms with E-state index < -0.39 is 0 Å². The Labute approximate surface area is 166 Å². The number of carbonyl (C=O) groups is 1. The van der Waals surface area contributed by atoms with Crippen molar-refractivity contribution >= 4 is 17.3 Å². The topological polar surface area (TPSA) is 60.0 Å². The predicted octanol–water partition coefficient (Wildman–Crippen LogP) is 3.50. The van der Waals surface area contributed by atoms with E-state index in [1.165, 1.54) is 0 Å². The van der Waals surface area contributed by atoms with Crippen LogP contribution in [-0.4, -0.2) is 45.4 Å². The fourth-order valence-electron chi connectivity index (χ4n) is 3.44. The summed E-state index contributed by atoms with van der Waals surface area (Å²) in [5.41, 5.74) is 2.73. The number of nitrogens with zero attached hydrogens (tertiary/aromatic N) is 1. The molecule has 1 aliphatic heterocycles. The van der Waals surface area contributed by atoms with Gasteiger partial charge in [0.25, 0.3) is 0 Å². The highest BCUT2D eigenvalue weighted by atomic mass is 16.5. The van der Waals surface area contributed by atoms with Gasteiger partial charge in [0.2, 0.25) is 5.91 Å². The molecular formula is C22H28N2O4. The second kappa shape index (κ2) is 8.52. The van der Waals surface area contributed by atoms with Crippen molar-refractivity contribution in [2.24, 2.45) is 0 Å². The molecule has 150 valence electrons. The highest BCUT2D eigenvalue weighted by Crippen LogP contribution is 2.29. The van der Waals surface area contributed by atoms with Crippen molar-refractivity contribution in [1.29, 1.82) is 0 Å².